The second-order valence-electron chi connectivity index (χ2n) is 5.26. The second kappa shape index (κ2) is 8.10. The van der Waals surface area contributed by atoms with Crippen LogP contribution in [0.5, 0.6) is 5.75 Å². The van der Waals surface area contributed by atoms with Crippen LogP contribution in [0.15, 0.2) is 18.2 Å². The molecule has 0 aliphatic carbocycles. The average Bonchev–Trinajstić information content (AvgIpc) is 2.73. The second-order valence-corrected chi connectivity index (χ2v) is 5.26. The van der Waals surface area contributed by atoms with Gasteiger partial charge in [-0.3, -0.25) is 0 Å². The van der Waals surface area contributed by atoms with Gasteiger partial charge in [-0.15, -0.1) is 0 Å². The lowest BCUT2D eigenvalue weighted by atomic mass is 10.2. The Labute approximate surface area is 121 Å². The van der Waals surface area contributed by atoms with Crippen molar-refractivity contribution in [3.05, 3.63) is 24.0 Å². The minimum atomic E-state index is -0.181. The first-order chi connectivity index (χ1) is 9.81. The van der Waals surface area contributed by atoms with Crippen molar-refractivity contribution in [3.8, 4) is 5.75 Å². The molecule has 0 radical (unpaired) electrons. The highest BCUT2D eigenvalue weighted by Crippen LogP contribution is 2.24. The fraction of sp³-hybridized carbons (Fsp3) is 0.625. The van der Waals surface area contributed by atoms with Crippen LogP contribution in [-0.2, 0) is 0 Å². The maximum Gasteiger partial charge on any atom is 0.150 e. The predicted molar refractivity (Wildman–Crippen MR) is 81.1 cm³/mol. The summed E-state index contributed by atoms with van der Waals surface area (Å²) in [5, 5.41) is 3.33. The van der Waals surface area contributed by atoms with Gasteiger partial charge in [-0.05, 0) is 31.5 Å². The lowest BCUT2D eigenvalue weighted by molar-refractivity contribution is 0.305. The topological polar surface area (TPSA) is 24.5 Å². The Morgan fingerprint density at radius 1 is 1.25 bits per heavy atom. The number of nitrogens with zero attached hydrogens (tertiary/aromatic N) is 1. The summed E-state index contributed by atoms with van der Waals surface area (Å²) >= 11 is 0. The molecule has 4 heteroatoms. The maximum atomic E-state index is 14.2. The van der Waals surface area contributed by atoms with Crippen molar-refractivity contribution in [2.75, 3.05) is 37.7 Å². The zero-order valence-corrected chi connectivity index (χ0v) is 12.3. The summed E-state index contributed by atoms with van der Waals surface area (Å²) in [5.41, 5.74) is 0.689. The molecule has 112 valence electrons. The van der Waals surface area contributed by atoms with E-state index in [-0.39, 0.29) is 5.82 Å². The van der Waals surface area contributed by atoms with Crippen molar-refractivity contribution in [1.82, 2.24) is 5.32 Å². The van der Waals surface area contributed by atoms with Crippen molar-refractivity contribution in [2.45, 2.75) is 32.6 Å². The predicted octanol–water partition coefficient (Wildman–Crippen LogP) is 3.19. The smallest absolute Gasteiger partial charge is 0.150 e. The fourth-order valence-corrected chi connectivity index (χ4v) is 2.46. The molecule has 1 aliphatic rings. The van der Waals surface area contributed by atoms with Gasteiger partial charge in [0.25, 0.3) is 0 Å². The molecule has 0 spiro atoms. The Kier molecular flexibility index (Phi) is 6.12. The molecule has 1 heterocycles. The van der Waals surface area contributed by atoms with Crippen LogP contribution in [0.3, 0.4) is 0 Å². The van der Waals surface area contributed by atoms with E-state index in [1.807, 2.05) is 12.1 Å². The number of anilines is 1. The van der Waals surface area contributed by atoms with Crippen molar-refractivity contribution in [2.24, 2.45) is 0 Å². The minimum absolute atomic E-state index is 0.181. The van der Waals surface area contributed by atoms with Crippen LogP contribution in [0, 0.1) is 5.82 Å². The molecule has 0 unspecified atom stereocenters. The first-order valence-corrected chi connectivity index (χ1v) is 7.69. The normalized spacial score (nSPS) is 16.0. The zero-order chi connectivity index (χ0) is 14.2. The van der Waals surface area contributed by atoms with Crippen LogP contribution < -0.4 is 15.0 Å². The summed E-state index contributed by atoms with van der Waals surface area (Å²) in [5.74, 6) is 0.454. The lowest BCUT2D eigenvalue weighted by Gasteiger charge is -2.23. The largest absolute Gasteiger partial charge is 0.493 e. The fourth-order valence-electron chi connectivity index (χ4n) is 2.46. The number of hydrogen-bond donors (Lipinski definition) is 1. The van der Waals surface area contributed by atoms with Crippen molar-refractivity contribution >= 4 is 5.69 Å². The van der Waals surface area contributed by atoms with Gasteiger partial charge < -0.3 is 15.0 Å². The van der Waals surface area contributed by atoms with Gasteiger partial charge in [-0.25, -0.2) is 4.39 Å². The highest BCUT2D eigenvalue weighted by molar-refractivity contribution is 5.50. The van der Waals surface area contributed by atoms with E-state index in [9.17, 15) is 4.39 Å². The first kappa shape index (κ1) is 15.1. The van der Waals surface area contributed by atoms with E-state index in [0.29, 0.717) is 18.0 Å². The number of halogens is 1. The van der Waals surface area contributed by atoms with Gasteiger partial charge in [0.15, 0.2) is 0 Å². The first-order valence-electron chi connectivity index (χ1n) is 7.69. The van der Waals surface area contributed by atoms with E-state index in [1.54, 1.807) is 0 Å². The van der Waals surface area contributed by atoms with Crippen molar-refractivity contribution in [1.29, 1.82) is 0 Å². The molecule has 0 atom stereocenters. The van der Waals surface area contributed by atoms with E-state index < -0.39 is 0 Å². The molecule has 0 amide bonds. The van der Waals surface area contributed by atoms with Gasteiger partial charge >= 0.3 is 0 Å². The summed E-state index contributed by atoms with van der Waals surface area (Å²) in [6.45, 7) is 6.50. The SMILES string of the molecule is CCCCCOc1ccc(N2CCCNCC2)c(F)c1. The van der Waals surface area contributed by atoms with Crippen molar-refractivity contribution < 1.29 is 9.13 Å². The molecule has 1 aliphatic heterocycles. The molecule has 0 saturated carbocycles. The molecule has 0 bridgehead atoms. The van der Waals surface area contributed by atoms with E-state index in [1.165, 1.54) is 12.5 Å². The summed E-state index contributed by atoms with van der Waals surface area (Å²) in [6, 6.07) is 5.23. The Balaban J connectivity index is 1.94. The number of ether oxygens (including phenoxy) is 1. The van der Waals surface area contributed by atoms with Crippen LogP contribution in [0.2, 0.25) is 0 Å². The molecular weight excluding hydrogens is 255 g/mol. The van der Waals surface area contributed by atoms with Gasteiger partial charge in [-0.1, -0.05) is 19.8 Å². The third-order valence-electron chi connectivity index (χ3n) is 3.62. The Hall–Kier alpha value is -1.29. The van der Waals surface area contributed by atoms with Crippen LogP contribution in [-0.4, -0.2) is 32.8 Å². The standard InChI is InChI=1S/C16H25FN2O/c1-2-3-4-12-20-14-6-7-16(15(17)13-14)19-10-5-8-18-9-11-19/h6-7,13,18H,2-5,8-12H2,1H3. The summed E-state index contributed by atoms with van der Waals surface area (Å²) in [4.78, 5) is 2.11. The third kappa shape index (κ3) is 4.37. The zero-order valence-electron chi connectivity index (χ0n) is 12.3. The van der Waals surface area contributed by atoms with Gasteiger partial charge in [0.1, 0.15) is 11.6 Å². The van der Waals surface area contributed by atoms with E-state index in [0.717, 1.165) is 45.4 Å². The van der Waals surface area contributed by atoms with Gasteiger partial charge in [0, 0.05) is 25.7 Å². The van der Waals surface area contributed by atoms with Crippen LogP contribution >= 0.6 is 0 Å². The summed E-state index contributed by atoms with van der Waals surface area (Å²) in [6.07, 6.45) is 4.40. The van der Waals surface area contributed by atoms with Crippen LogP contribution in [0.4, 0.5) is 10.1 Å². The number of rotatable bonds is 6. The molecule has 1 aromatic carbocycles. The quantitative estimate of drug-likeness (QED) is 0.810. The Morgan fingerprint density at radius 3 is 2.95 bits per heavy atom. The highest BCUT2D eigenvalue weighted by atomic mass is 19.1. The molecule has 1 aromatic rings. The lowest BCUT2D eigenvalue weighted by Crippen LogP contribution is -2.28. The van der Waals surface area contributed by atoms with E-state index >= 15 is 0 Å². The van der Waals surface area contributed by atoms with Gasteiger partial charge in [-0.2, -0.15) is 0 Å². The maximum absolute atomic E-state index is 14.2. The van der Waals surface area contributed by atoms with Crippen molar-refractivity contribution in [3.63, 3.8) is 0 Å². The van der Waals surface area contributed by atoms with E-state index in [2.05, 4.69) is 17.1 Å². The molecule has 0 aromatic heterocycles. The molecular formula is C16H25FN2O. The summed E-state index contributed by atoms with van der Waals surface area (Å²) in [7, 11) is 0. The minimum Gasteiger partial charge on any atom is -0.493 e. The van der Waals surface area contributed by atoms with E-state index in [4.69, 9.17) is 4.74 Å². The molecule has 1 fully saturated rings. The van der Waals surface area contributed by atoms with Gasteiger partial charge in [0.05, 0.1) is 12.3 Å². The number of unbranched alkanes of at least 4 members (excludes halogenated alkanes) is 2. The van der Waals surface area contributed by atoms with Gasteiger partial charge in [0.2, 0.25) is 0 Å². The average molecular weight is 280 g/mol. The number of benzene rings is 1. The number of nitrogens with one attached hydrogen (secondary N) is 1. The molecule has 3 nitrogen and oxygen atoms in total. The molecule has 1 N–H and O–H groups in total. The summed E-state index contributed by atoms with van der Waals surface area (Å²) < 4.78 is 19.8. The number of hydrogen-bond acceptors (Lipinski definition) is 3. The third-order valence-corrected chi connectivity index (χ3v) is 3.62. The Morgan fingerprint density at radius 2 is 2.15 bits per heavy atom. The molecule has 1 saturated heterocycles. The molecule has 20 heavy (non-hydrogen) atoms. The monoisotopic (exact) mass is 280 g/mol. The highest BCUT2D eigenvalue weighted by Gasteiger charge is 2.14. The Bertz CT molecular complexity index is 403. The van der Waals surface area contributed by atoms with Crippen LogP contribution in [0.1, 0.15) is 32.6 Å². The molecule has 2 rings (SSSR count). The van der Waals surface area contributed by atoms with Crippen LogP contribution in [0.25, 0.3) is 0 Å².